The molecule has 0 amide bonds. The predicted molar refractivity (Wildman–Crippen MR) is 151 cm³/mol. The number of aryl methyl sites for hydroxylation is 1. The summed E-state index contributed by atoms with van der Waals surface area (Å²) in [5, 5.41) is 3.97. The lowest BCUT2D eigenvalue weighted by molar-refractivity contribution is 0.357. The summed E-state index contributed by atoms with van der Waals surface area (Å²) in [5.41, 5.74) is 6.98. The van der Waals surface area contributed by atoms with Gasteiger partial charge in [-0.25, -0.2) is 9.78 Å². The molecule has 1 aliphatic carbocycles. The highest BCUT2D eigenvalue weighted by molar-refractivity contribution is 5.81. The molecule has 3 aromatic carbocycles. The number of nitrogens with one attached hydrogen (secondary N) is 1. The Bertz CT molecular complexity index is 1850. The van der Waals surface area contributed by atoms with E-state index in [9.17, 15) is 9.59 Å². The van der Waals surface area contributed by atoms with Crippen molar-refractivity contribution in [1.82, 2.24) is 19.7 Å². The molecule has 8 nitrogen and oxygen atoms in total. The van der Waals surface area contributed by atoms with Gasteiger partial charge in [-0.1, -0.05) is 47.6 Å². The van der Waals surface area contributed by atoms with Gasteiger partial charge in [0.05, 0.1) is 18.0 Å². The van der Waals surface area contributed by atoms with Crippen LogP contribution in [-0.2, 0) is 19.3 Å². The van der Waals surface area contributed by atoms with Crippen LogP contribution in [0, 0.1) is 12.8 Å². The van der Waals surface area contributed by atoms with Crippen LogP contribution in [0.15, 0.2) is 80.8 Å². The van der Waals surface area contributed by atoms with E-state index >= 15 is 0 Å². The fourth-order valence-electron chi connectivity index (χ4n) is 5.59. The minimum absolute atomic E-state index is 0.0504. The molecule has 8 heteroatoms. The molecule has 1 saturated carbocycles. The summed E-state index contributed by atoms with van der Waals surface area (Å²) in [4.78, 5) is 33.7. The Kier molecular flexibility index (Phi) is 5.95. The molecule has 7 rings (SSSR count). The van der Waals surface area contributed by atoms with Crippen molar-refractivity contribution in [2.45, 2.75) is 39.0 Å². The van der Waals surface area contributed by atoms with Crippen molar-refractivity contribution in [3.05, 3.63) is 116 Å². The van der Waals surface area contributed by atoms with Crippen molar-refractivity contribution < 1.29 is 9.26 Å². The lowest BCUT2D eigenvalue weighted by atomic mass is 9.94. The first-order valence-corrected chi connectivity index (χ1v) is 13.7. The van der Waals surface area contributed by atoms with E-state index in [4.69, 9.17) is 14.2 Å². The molecule has 1 fully saturated rings. The number of ether oxygens (including phenoxy) is 1. The van der Waals surface area contributed by atoms with E-state index in [1.165, 1.54) is 12.8 Å². The molecule has 0 saturated heterocycles. The molecule has 0 atom stereocenters. The summed E-state index contributed by atoms with van der Waals surface area (Å²) in [5.74, 6) is 1.88. The highest BCUT2D eigenvalue weighted by Crippen LogP contribution is 2.35. The lowest BCUT2D eigenvalue weighted by Crippen LogP contribution is -2.28. The van der Waals surface area contributed by atoms with Gasteiger partial charge in [0.15, 0.2) is 5.82 Å². The number of nitrogens with zero attached hydrogens (tertiary/aromatic N) is 3. The van der Waals surface area contributed by atoms with E-state index < -0.39 is 5.76 Å². The fourth-order valence-corrected chi connectivity index (χ4v) is 5.59. The Labute approximate surface area is 230 Å². The molecule has 0 unspecified atom stereocenters. The molecule has 1 N–H and O–H groups in total. The predicted octanol–water partition coefficient (Wildman–Crippen LogP) is 5.03. The zero-order valence-corrected chi connectivity index (χ0v) is 22.1. The average Bonchev–Trinajstić information content (AvgIpc) is 3.46. The molecular weight excluding hydrogens is 504 g/mol. The Morgan fingerprint density at radius 3 is 2.62 bits per heavy atom. The number of rotatable bonds is 7. The normalized spacial score (nSPS) is 14.2. The van der Waals surface area contributed by atoms with Crippen LogP contribution in [-0.4, -0.2) is 26.3 Å². The summed E-state index contributed by atoms with van der Waals surface area (Å²) >= 11 is 0. The number of hydrogen-bond acceptors (Lipinski definition) is 6. The van der Waals surface area contributed by atoms with Crippen molar-refractivity contribution in [3.63, 3.8) is 0 Å². The second kappa shape index (κ2) is 9.79. The summed E-state index contributed by atoms with van der Waals surface area (Å²) < 4.78 is 12.2. The first-order valence-electron chi connectivity index (χ1n) is 13.7. The van der Waals surface area contributed by atoms with Crippen LogP contribution >= 0.6 is 0 Å². The van der Waals surface area contributed by atoms with Gasteiger partial charge in [0.1, 0.15) is 11.6 Å². The Morgan fingerprint density at radius 2 is 1.85 bits per heavy atom. The highest BCUT2D eigenvalue weighted by atomic mass is 16.5. The van der Waals surface area contributed by atoms with Gasteiger partial charge in [0, 0.05) is 24.0 Å². The van der Waals surface area contributed by atoms with Crippen molar-refractivity contribution in [2.75, 3.05) is 6.61 Å². The molecule has 40 heavy (non-hydrogen) atoms. The van der Waals surface area contributed by atoms with E-state index in [0.717, 1.165) is 57.8 Å². The largest absolute Gasteiger partial charge is 0.493 e. The van der Waals surface area contributed by atoms with E-state index in [-0.39, 0.29) is 5.56 Å². The number of benzene rings is 3. The topological polar surface area (TPSA) is 103 Å². The third-order valence-electron chi connectivity index (χ3n) is 7.79. The van der Waals surface area contributed by atoms with Gasteiger partial charge in [-0.05, 0) is 78.6 Å². The van der Waals surface area contributed by atoms with Gasteiger partial charge < -0.3 is 4.74 Å². The first-order chi connectivity index (χ1) is 19.5. The minimum atomic E-state index is -0.614. The molecular formula is C32H28N4O4. The molecule has 1 aliphatic heterocycles. The summed E-state index contributed by atoms with van der Waals surface area (Å²) in [6.07, 6.45) is 4.38. The minimum Gasteiger partial charge on any atom is -0.493 e. The SMILES string of the molecule is Cc1nc(CC2CC2)c(Cc2ccc(-c3ccccc3)c(-c3noc(=O)[nH]3)c2)c(=O)n1-c1ccc2c(c1)CCO2. The lowest BCUT2D eigenvalue weighted by Gasteiger charge is -2.17. The second-order valence-corrected chi connectivity index (χ2v) is 10.6. The Hall–Kier alpha value is -4.72. The number of fused-ring (bicyclic) bond motifs is 1. The molecule has 0 radical (unpaired) electrons. The maximum atomic E-state index is 14.2. The van der Waals surface area contributed by atoms with Gasteiger partial charge in [0.2, 0.25) is 0 Å². The fraction of sp³-hybridized carbons (Fsp3) is 0.250. The van der Waals surface area contributed by atoms with E-state index in [2.05, 4.69) is 10.1 Å². The van der Waals surface area contributed by atoms with Crippen LogP contribution in [0.25, 0.3) is 28.2 Å². The van der Waals surface area contributed by atoms with Crippen molar-refractivity contribution in [2.24, 2.45) is 5.92 Å². The maximum absolute atomic E-state index is 14.2. The van der Waals surface area contributed by atoms with Gasteiger partial charge in [0.25, 0.3) is 5.56 Å². The standard InChI is InChI=1S/C32H28N4O4/c1-19-33-28(17-20-7-8-20)27(31(37)36(19)24-10-12-29-23(18-24)13-14-39-29)16-21-9-11-25(22-5-3-2-4-6-22)26(15-21)30-34-32(38)40-35-30/h2-6,9-12,15,18,20H,7-8,13-14,16-17H2,1H3,(H,34,35,38). The Balaban J connectivity index is 1.35. The van der Waals surface area contributed by atoms with Gasteiger partial charge in [-0.15, -0.1) is 0 Å². The molecule has 3 heterocycles. The van der Waals surface area contributed by atoms with E-state index in [0.29, 0.717) is 36.2 Å². The van der Waals surface area contributed by atoms with Crippen molar-refractivity contribution in [3.8, 4) is 34.0 Å². The summed E-state index contributed by atoms with van der Waals surface area (Å²) in [6.45, 7) is 2.56. The first kappa shape index (κ1) is 24.3. The molecule has 5 aromatic rings. The van der Waals surface area contributed by atoms with Crippen LogP contribution < -0.4 is 16.1 Å². The molecule has 200 valence electrons. The van der Waals surface area contributed by atoms with Crippen molar-refractivity contribution in [1.29, 1.82) is 0 Å². The van der Waals surface area contributed by atoms with Crippen LogP contribution in [0.5, 0.6) is 5.75 Å². The number of aromatic amines is 1. The highest BCUT2D eigenvalue weighted by Gasteiger charge is 2.26. The smallest absolute Gasteiger partial charge is 0.439 e. The summed E-state index contributed by atoms with van der Waals surface area (Å²) in [6, 6.07) is 21.8. The van der Waals surface area contributed by atoms with E-state index in [1.54, 1.807) is 4.57 Å². The molecule has 0 spiro atoms. The third-order valence-corrected chi connectivity index (χ3v) is 7.79. The van der Waals surface area contributed by atoms with Crippen LogP contribution in [0.1, 0.15) is 41.1 Å². The monoisotopic (exact) mass is 532 g/mol. The average molecular weight is 533 g/mol. The third kappa shape index (κ3) is 4.55. The quantitative estimate of drug-likeness (QED) is 0.315. The van der Waals surface area contributed by atoms with Crippen molar-refractivity contribution >= 4 is 0 Å². The van der Waals surface area contributed by atoms with Gasteiger partial charge in [-0.2, -0.15) is 0 Å². The van der Waals surface area contributed by atoms with E-state index in [1.807, 2.05) is 73.7 Å². The number of hydrogen-bond donors (Lipinski definition) is 1. The number of H-pyrrole nitrogens is 1. The van der Waals surface area contributed by atoms with Crippen LogP contribution in [0.2, 0.25) is 0 Å². The zero-order chi connectivity index (χ0) is 27.2. The maximum Gasteiger partial charge on any atom is 0.439 e. The zero-order valence-electron chi connectivity index (χ0n) is 22.1. The summed E-state index contributed by atoms with van der Waals surface area (Å²) in [7, 11) is 0. The molecule has 0 bridgehead atoms. The van der Waals surface area contributed by atoms with Crippen LogP contribution in [0.4, 0.5) is 0 Å². The second-order valence-electron chi connectivity index (χ2n) is 10.6. The Morgan fingerprint density at radius 1 is 1.00 bits per heavy atom. The molecule has 2 aliphatic rings. The van der Waals surface area contributed by atoms with Gasteiger partial charge in [-0.3, -0.25) is 18.9 Å². The number of aromatic nitrogens is 4. The van der Waals surface area contributed by atoms with Gasteiger partial charge >= 0.3 is 5.76 Å². The molecule has 2 aromatic heterocycles. The van der Waals surface area contributed by atoms with Crippen LogP contribution in [0.3, 0.4) is 0 Å².